The SMILES string of the molecule is NC(=O)CNS(=O)(=O)c1c(F)cc(F)cc1F. The summed E-state index contributed by atoms with van der Waals surface area (Å²) in [5, 5.41) is 0. The largest absolute Gasteiger partial charge is 0.369 e. The molecule has 0 aliphatic heterocycles. The lowest BCUT2D eigenvalue weighted by atomic mass is 10.3. The van der Waals surface area contributed by atoms with Crippen molar-refractivity contribution in [2.24, 2.45) is 5.73 Å². The first-order valence-electron chi connectivity index (χ1n) is 4.16. The monoisotopic (exact) mass is 268 g/mol. The van der Waals surface area contributed by atoms with Gasteiger partial charge in [-0.2, -0.15) is 0 Å². The van der Waals surface area contributed by atoms with Gasteiger partial charge in [-0.15, -0.1) is 0 Å². The van der Waals surface area contributed by atoms with Crippen molar-refractivity contribution in [2.75, 3.05) is 6.54 Å². The number of primary amides is 1. The Balaban J connectivity index is 3.20. The summed E-state index contributed by atoms with van der Waals surface area (Å²) in [5.41, 5.74) is 4.66. The van der Waals surface area contributed by atoms with Crippen LogP contribution < -0.4 is 10.5 Å². The normalized spacial score (nSPS) is 11.5. The number of nitrogens with one attached hydrogen (secondary N) is 1. The Kier molecular flexibility index (Phi) is 3.73. The summed E-state index contributed by atoms with van der Waals surface area (Å²) < 4.78 is 63.1. The molecule has 1 rings (SSSR count). The summed E-state index contributed by atoms with van der Waals surface area (Å²) in [6, 6.07) is 0.420. The number of hydrogen-bond acceptors (Lipinski definition) is 3. The number of amides is 1. The van der Waals surface area contributed by atoms with Crippen LogP contribution >= 0.6 is 0 Å². The van der Waals surface area contributed by atoms with Crippen LogP contribution in [0.2, 0.25) is 0 Å². The van der Waals surface area contributed by atoms with Crippen molar-refractivity contribution in [1.82, 2.24) is 4.72 Å². The molecule has 0 atom stereocenters. The van der Waals surface area contributed by atoms with Crippen LogP contribution in [0.25, 0.3) is 0 Å². The smallest absolute Gasteiger partial charge is 0.246 e. The number of carbonyl (C=O) groups is 1. The molecular formula is C8H7F3N2O3S. The molecule has 0 aromatic heterocycles. The van der Waals surface area contributed by atoms with Crippen molar-refractivity contribution in [3.63, 3.8) is 0 Å². The predicted molar refractivity (Wildman–Crippen MR) is 50.7 cm³/mol. The van der Waals surface area contributed by atoms with E-state index in [4.69, 9.17) is 0 Å². The topological polar surface area (TPSA) is 89.3 Å². The molecule has 0 unspecified atom stereocenters. The van der Waals surface area contributed by atoms with E-state index in [1.54, 1.807) is 4.72 Å². The summed E-state index contributed by atoms with van der Waals surface area (Å²) in [6.07, 6.45) is 0. The van der Waals surface area contributed by atoms with Crippen LogP contribution in [0.5, 0.6) is 0 Å². The molecule has 5 nitrogen and oxygen atoms in total. The summed E-state index contributed by atoms with van der Waals surface area (Å²) in [6.45, 7) is -0.821. The number of halogens is 3. The molecule has 94 valence electrons. The average Bonchev–Trinajstić information content (AvgIpc) is 2.12. The highest BCUT2D eigenvalue weighted by Crippen LogP contribution is 2.19. The minimum atomic E-state index is -4.60. The Labute approximate surface area is 94.5 Å². The molecule has 1 amide bonds. The third-order valence-electron chi connectivity index (χ3n) is 1.67. The Hall–Kier alpha value is -1.61. The summed E-state index contributed by atoms with van der Waals surface area (Å²) in [7, 11) is -4.60. The second-order valence-electron chi connectivity index (χ2n) is 2.99. The van der Waals surface area contributed by atoms with Crippen molar-refractivity contribution < 1.29 is 26.4 Å². The molecule has 0 spiro atoms. The summed E-state index contributed by atoms with van der Waals surface area (Å²) in [5.74, 6) is -5.48. The van der Waals surface area contributed by atoms with E-state index in [2.05, 4.69) is 5.73 Å². The number of benzene rings is 1. The average molecular weight is 268 g/mol. The van der Waals surface area contributed by atoms with Crippen molar-refractivity contribution in [3.05, 3.63) is 29.6 Å². The van der Waals surface area contributed by atoms with Gasteiger partial charge in [0.15, 0.2) is 4.90 Å². The van der Waals surface area contributed by atoms with E-state index >= 15 is 0 Å². The van der Waals surface area contributed by atoms with Gasteiger partial charge in [-0.1, -0.05) is 0 Å². The second-order valence-corrected chi connectivity index (χ2v) is 4.69. The zero-order valence-electron chi connectivity index (χ0n) is 8.21. The van der Waals surface area contributed by atoms with Gasteiger partial charge in [-0.3, -0.25) is 4.79 Å². The van der Waals surface area contributed by atoms with E-state index in [0.717, 1.165) is 0 Å². The van der Waals surface area contributed by atoms with Crippen LogP contribution in [0.1, 0.15) is 0 Å². The lowest BCUT2D eigenvalue weighted by molar-refractivity contribution is -0.116. The molecule has 0 fully saturated rings. The highest BCUT2D eigenvalue weighted by molar-refractivity contribution is 7.89. The van der Waals surface area contributed by atoms with E-state index in [-0.39, 0.29) is 12.1 Å². The third-order valence-corrected chi connectivity index (χ3v) is 3.12. The van der Waals surface area contributed by atoms with Crippen molar-refractivity contribution in [2.45, 2.75) is 4.90 Å². The first-order chi connectivity index (χ1) is 7.74. The summed E-state index contributed by atoms with van der Waals surface area (Å²) >= 11 is 0. The molecule has 0 heterocycles. The van der Waals surface area contributed by atoms with Crippen LogP contribution in [0.3, 0.4) is 0 Å². The van der Waals surface area contributed by atoms with Gasteiger partial charge < -0.3 is 5.73 Å². The Morgan fingerprint density at radius 3 is 2.12 bits per heavy atom. The maximum Gasteiger partial charge on any atom is 0.246 e. The summed E-state index contributed by atoms with van der Waals surface area (Å²) in [4.78, 5) is 8.99. The highest BCUT2D eigenvalue weighted by atomic mass is 32.2. The van der Waals surface area contributed by atoms with E-state index in [0.29, 0.717) is 0 Å². The van der Waals surface area contributed by atoms with Crippen LogP contribution in [0.4, 0.5) is 13.2 Å². The van der Waals surface area contributed by atoms with Crippen LogP contribution in [0.15, 0.2) is 17.0 Å². The van der Waals surface area contributed by atoms with E-state index in [9.17, 15) is 26.4 Å². The third kappa shape index (κ3) is 3.17. The number of carbonyl (C=O) groups excluding carboxylic acids is 1. The second kappa shape index (κ2) is 4.72. The van der Waals surface area contributed by atoms with E-state index < -0.39 is 44.8 Å². The zero-order chi connectivity index (χ0) is 13.2. The van der Waals surface area contributed by atoms with Crippen LogP contribution in [0, 0.1) is 17.5 Å². The van der Waals surface area contributed by atoms with Gasteiger partial charge in [0.25, 0.3) is 0 Å². The number of nitrogens with two attached hydrogens (primary N) is 1. The minimum absolute atomic E-state index is 0.210. The molecule has 1 aromatic carbocycles. The number of rotatable bonds is 4. The maximum absolute atomic E-state index is 13.1. The van der Waals surface area contributed by atoms with Gasteiger partial charge in [0.05, 0.1) is 6.54 Å². The first-order valence-corrected chi connectivity index (χ1v) is 5.65. The van der Waals surface area contributed by atoms with Gasteiger partial charge in [-0.25, -0.2) is 26.3 Å². The van der Waals surface area contributed by atoms with Crippen molar-refractivity contribution in [1.29, 1.82) is 0 Å². The molecule has 9 heteroatoms. The van der Waals surface area contributed by atoms with Gasteiger partial charge in [0.2, 0.25) is 15.9 Å². The molecule has 17 heavy (non-hydrogen) atoms. The lowest BCUT2D eigenvalue weighted by Gasteiger charge is -2.07. The molecule has 0 saturated heterocycles. The van der Waals surface area contributed by atoms with Crippen LogP contribution in [-0.2, 0) is 14.8 Å². The Morgan fingerprint density at radius 1 is 1.24 bits per heavy atom. The molecular weight excluding hydrogens is 261 g/mol. The van der Waals surface area contributed by atoms with Gasteiger partial charge >= 0.3 is 0 Å². The van der Waals surface area contributed by atoms with E-state index in [1.165, 1.54) is 0 Å². The predicted octanol–water partition coefficient (Wildman–Crippen LogP) is -0.133. The Bertz CT molecular complexity index is 536. The van der Waals surface area contributed by atoms with Gasteiger partial charge in [0.1, 0.15) is 17.5 Å². The lowest BCUT2D eigenvalue weighted by Crippen LogP contribution is -2.34. The molecule has 0 bridgehead atoms. The number of sulfonamides is 1. The van der Waals surface area contributed by atoms with Gasteiger partial charge in [0, 0.05) is 12.1 Å². The molecule has 0 aliphatic rings. The maximum atomic E-state index is 13.1. The quantitative estimate of drug-likeness (QED) is 0.797. The highest BCUT2D eigenvalue weighted by Gasteiger charge is 2.25. The molecule has 3 N–H and O–H groups in total. The fourth-order valence-electron chi connectivity index (χ4n) is 1.02. The zero-order valence-corrected chi connectivity index (χ0v) is 9.02. The molecule has 0 aliphatic carbocycles. The fourth-order valence-corrected chi connectivity index (χ4v) is 2.13. The van der Waals surface area contributed by atoms with E-state index in [1.807, 2.05) is 0 Å². The molecule has 0 radical (unpaired) electrons. The number of hydrogen-bond donors (Lipinski definition) is 2. The Morgan fingerprint density at radius 2 is 1.71 bits per heavy atom. The molecule has 1 aromatic rings. The standard InChI is InChI=1S/C8H7F3N2O3S/c9-4-1-5(10)8(6(11)2-4)17(15,16)13-3-7(12)14/h1-2,13H,3H2,(H2,12,14). The van der Waals surface area contributed by atoms with Crippen molar-refractivity contribution >= 4 is 15.9 Å². The van der Waals surface area contributed by atoms with Crippen LogP contribution in [-0.4, -0.2) is 20.9 Å². The van der Waals surface area contributed by atoms with Gasteiger partial charge in [-0.05, 0) is 0 Å². The first kappa shape index (κ1) is 13.5. The minimum Gasteiger partial charge on any atom is -0.369 e. The fraction of sp³-hybridized carbons (Fsp3) is 0.125. The van der Waals surface area contributed by atoms with Crippen molar-refractivity contribution in [3.8, 4) is 0 Å². The molecule has 0 saturated carbocycles.